The van der Waals surface area contributed by atoms with Crippen LogP contribution in [0.3, 0.4) is 0 Å². The molecule has 0 aromatic rings. The van der Waals surface area contributed by atoms with Crippen molar-refractivity contribution in [3.8, 4) is 0 Å². The average Bonchev–Trinajstić information content (AvgIpc) is 2.19. The van der Waals surface area contributed by atoms with Gasteiger partial charge in [0.15, 0.2) is 0 Å². The largest absolute Gasteiger partial charge is 0.401 e. The Kier molecular flexibility index (Phi) is 9.66. The highest BCUT2D eigenvalue weighted by atomic mass is 19.4. The van der Waals surface area contributed by atoms with Gasteiger partial charge in [0.25, 0.3) is 0 Å². The van der Waals surface area contributed by atoms with E-state index in [1.54, 1.807) is 0 Å². The van der Waals surface area contributed by atoms with Gasteiger partial charge in [0.05, 0.1) is 26.4 Å². The van der Waals surface area contributed by atoms with E-state index in [1.165, 1.54) is 0 Å². The van der Waals surface area contributed by atoms with E-state index in [0.717, 1.165) is 12.8 Å². The molecule has 6 heteroatoms. The monoisotopic (exact) mass is 243 g/mol. The van der Waals surface area contributed by atoms with E-state index in [9.17, 15) is 13.2 Å². The van der Waals surface area contributed by atoms with Crippen LogP contribution >= 0.6 is 0 Å². The predicted molar refractivity (Wildman–Crippen MR) is 55.5 cm³/mol. The van der Waals surface area contributed by atoms with Gasteiger partial charge in [0.1, 0.15) is 0 Å². The van der Waals surface area contributed by atoms with Crippen LogP contribution in [0.4, 0.5) is 13.2 Å². The number of nitrogens with one attached hydrogen (secondary N) is 1. The Morgan fingerprint density at radius 2 is 1.62 bits per heavy atom. The molecule has 0 aliphatic carbocycles. The first-order chi connectivity index (χ1) is 7.56. The highest BCUT2D eigenvalue weighted by molar-refractivity contribution is 4.54. The molecule has 3 nitrogen and oxygen atoms in total. The van der Waals surface area contributed by atoms with Gasteiger partial charge in [-0.15, -0.1) is 0 Å². The molecule has 0 bridgehead atoms. The van der Waals surface area contributed by atoms with Crippen LogP contribution in [0.2, 0.25) is 0 Å². The second-order valence-electron chi connectivity index (χ2n) is 3.37. The Labute approximate surface area is 94.3 Å². The summed E-state index contributed by atoms with van der Waals surface area (Å²) in [6.45, 7) is 3.22. The SMILES string of the molecule is CCCCOCCOCCNCC(F)(F)F. The summed E-state index contributed by atoms with van der Waals surface area (Å²) in [7, 11) is 0. The Bertz CT molecular complexity index is 153. The number of ether oxygens (including phenoxy) is 2. The van der Waals surface area contributed by atoms with Crippen LogP contribution in [-0.2, 0) is 9.47 Å². The molecule has 0 radical (unpaired) electrons. The summed E-state index contributed by atoms with van der Waals surface area (Å²) in [4.78, 5) is 0. The third-order valence-corrected chi connectivity index (χ3v) is 1.76. The Balaban J connectivity index is 2.99. The van der Waals surface area contributed by atoms with Crippen LogP contribution in [0.5, 0.6) is 0 Å². The first kappa shape index (κ1) is 15.7. The first-order valence-electron chi connectivity index (χ1n) is 5.49. The van der Waals surface area contributed by atoms with E-state index in [1.807, 2.05) is 0 Å². The van der Waals surface area contributed by atoms with Crippen LogP contribution < -0.4 is 5.32 Å². The second-order valence-corrected chi connectivity index (χ2v) is 3.37. The zero-order valence-electron chi connectivity index (χ0n) is 9.61. The summed E-state index contributed by atoms with van der Waals surface area (Å²) < 4.78 is 45.3. The maximum Gasteiger partial charge on any atom is 0.401 e. The van der Waals surface area contributed by atoms with E-state index in [0.29, 0.717) is 19.8 Å². The molecule has 0 saturated carbocycles. The first-order valence-corrected chi connectivity index (χ1v) is 5.49. The molecule has 0 atom stereocenters. The third-order valence-electron chi connectivity index (χ3n) is 1.76. The maximum absolute atomic E-state index is 11.7. The summed E-state index contributed by atoms with van der Waals surface area (Å²) in [5.41, 5.74) is 0. The van der Waals surface area contributed by atoms with Crippen LogP contribution in [-0.4, -0.2) is 45.7 Å². The Morgan fingerprint density at radius 3 is 2.19 bits per heavy atom. The fourth-order valence-corrected chi connectivity index (χ4v) is 0.943. The van der Waals surface area contributed by atoms with E-state index >= 15 is 0 Å². The summed E-state index contributed by atoms with van der Waals surface area (Å²) in [6.07, 6.45) is -2.04. The van der Waals surface area contributed by atoms with E-state index in [4.69, 9.17) is 9.47 Å². The highest BCUT2D eigenvalue weighted by Crippen LogP contribution is 2.11. The van der Waals surface area contributed by atoms with Gasteiger partial charge in [-0.2, -0.15) is 13.2 Å². The molecule has 0 spiro atoms. The van der Waals surface area contributed by atoms with E-state index in [2.05, 4.69) is 12.2 Å². The summed E-state index contributed by atoms with van der Waals surface area (Å²) in [6, 6.07) is 0. The minimum absolute atomic E-state index is 0.203. The molecule has 0 saturated heterocycles. The number of unbranched alkanes of at least 4 members (excludes halogenated alkanes) is 1. The van der Waals surface area contributed by atoms with Crippen molar-refractivity contribution in [1.82, 2.24) is 5.32 Å². The summed E-state index contributed by atoms with van der Waals surface area (Å²) >= 11 is 0. The van der Waals surface area contributed by atoms with E-state index in [-0.39, 0.29) is 13.2 Å². The molecule has 0 fully saturated rings. The van der Waals surface area contributed by atoms with Crippen molar-refractivity contribution in [1.29, 1.82) is 0 Å². The maximum atomic E-state index is 11.7. The van der Waals surface area contributed by atoms with Crippen LogP contribution in [0.25, 0.3) is 0 Å². The fraction of sp³-hybridized carbons (Fsp3) is 1.00. The molecule has 0 heterocycles. The number of hydrogen-bond donors (Lipinski definition) is 1. The number of hydrogen-bond acceptors (Lipinski definition) is 3. The molecule has 1 N–H and O–H groups in total. The lowest BCUT2D eigenvalue weighted by molar-refractivity contribution is -0.125. The normalized spacial score (nSPS) is 12.0. The van der Waals surface area contributed by atoms with Crippen LogP contribution in [0.1, 0.15) is 19.8 Å². The van der Waals surface area contributed by atoms with Crippen LogP contribution in [0.15, 0.2) is 0 Å². The van der Waals surface area contributed by atoms with Crippen molar-refractivity contribution in [2.24, 2.45) is 0 Å². The number of alkyl halides is 3. The lowest BCUT2D eigenvalue weighted by Gasteiger charge is -2.08. The van der Waals surface area contributed by atoms with Gasteiger partial charge in [0, 0.05) is 13.2 Å². The molecule has 0 amide bonds. The summed E-state index contributed by atoms with van der Waals surface area (Å²) in [5.74, 6) is 0. The van der Waals surface area contributed by atoms with Gasteiger partial charge in [-0.1, -0.05) is 13.3 Å². The number of rotatable bonds is 10. The molecule has 0 aromatic heterocycles. The average molecular weight is 243 g/mol. The second kappa shape index (κ2) is 9.86. The molecular formula is C10H20F3NO2. The highest BCUT2D eigenvalue weighted by Gasteiger charge is 2.25. The van der Waals surface area contributed by atoms with Crippen molar-refractivity contribution in [2.45, 2.75) is 25.9 Å². The zero-order chi connectivity index (χ0) is 12.3. The fourth-order valence-electron chi connectivity index (χ4n) is 0.943. The molecule has 98 valence electrons. The molecule has 0 aliphatic rings. The molecule has 0 aromatic carbocycles. The van der Waals surface area contributed by atoms with Crippen LogP contribution in [0, 0.1) is 0 Å². The van der Waals surface area contributed by atoms with Crippen molar-refractivity contribution in [2.75, 3.05) is 39.5 Å². The summed E-state index contributed by atoms with van der Waals surface area (Å²) in [5, 5.41) is 2.25. The predicted octanol–water partition coefficient (Wildman–Crippen LogP) is 1.97. The standard InChI is InChI=1S/C10H20F3NO2/c1-2-3-5-15-7-8-16-6-4-14-9-10(11,12)13/h14H,2-9H2,1H3. The lowest BCUT2D eigenvalue weighted by atomic mass is 10.4. The molecular weight excluding hydrogens is 223 g/mol. The van der Waals surface area contributed by atoms with Gasteiger partial charge < -0.3 is 14.8 Å². The van der Waals surface area contributed by atoms with Gasteiger partial charge in [-0.05, 0) is 6.42 Å². The van der Waals surface area contributed by atoms with Gasteiger partial charge in [0.2, 0.25) is 0 Å². The van der Waals surface area contributed by atoms with Gasteiger partial charge >= 0.3 is 6.18 Å². The molecule has 0 unspecified atom stereocenters. The van der Waals surface area contributed by atoms with Crippen molar-refractivity contribution in [3.05, 3.63) is 0 Å². The molecule has 0 rings (SSSR count). The third kappa shape index (κ3) is 13.7. The Hall–Kier alpha value is -0.330. The zero-order valence-corrected chi connectivity index (χ0v) is 9.61. The van der Waals surface area contributed by atoms with Gasteiger partial charge in [-0.25, -0.2) is 0 Å². The quantitative estimate of drug-likeness (QED) is 0.595. The van der Waals surface area contributed by atoms with E-state index < -0.39 is 12.7 Å². The molecule has 0 aliphatic heterocycles. The van der Waals surface area contributed by atoms with Crippen molar-refractivity contribution >= 4 is 0 Å². The lowest BCUT2D eigenvalue weighted by Crippen LogP contribution is -2.31. The molecule has 16 heavy (non-hydrogen) atoms. The smallest absolute Gasteiger partial charge is 0.379 e. The van der Waals surface area contributed by atoms with Crippen molar-refractivity contribution < 1.29 is 22.6 Å². The van der Waals surface area contributed by atoms with Gasteiger partial charge in [-0.3, -0.25) is 0 Å². The Morgan fingerprint density at radius 1 is 1.00 bits per heavy atom. The van der Waals surface area contributed by atoms with Crippen molar-refractivity contribution in [3.63, 3.8) is 0 Å². The minimum atomic E-state index is -4.15. The number of halogens is 3. The minimum Gasteiger partial charge on any atom is -0.379 e. The topological polar surface area (TPSA) is 30.5 Å².